The van der Waals surface area contributed by atoms with E-state index in [0.29, 0.717) is 0 Å². The van der Waals surface area contributed by atoms with Crippen LogP contribution < -0.4 is 10.5 Å². The highest BCUT2D eigenvalue weighted by Gasteiger charge is 2.26. The van der Waals surface area contributed by atoms with Crippen LogP contribution in [0.25, 0.3) is 0 Å². The van der Waals surface area contributed by atoms with Crippen molar-refractivity contribution in [1.82, 2.24) is 4.72 Å². The molecular formula is C11H15BrClFN2O4S. The van der Waals surface area contributed by atoms with Crippen LogP contribution in [0.15, 0.2) is 15.4 Å². The number of nitrogens with two attached hydrogens (primary N) is 1. The van der Waals surface area contributed by atoms with E-state index in [0.717, 1.165) is 6.07 Å². The molecule has 0 aliphatic rings. The van der Waals surface area contributed by atoms with E-state index in [9.17, 15) is 12.8 Å². The number of sulfonamides is 1. The molecule has 0 aromatic heterocycles. The van der Waals surface area contributed by atoms with E-state index in [1.165, 1.54) is 7.11 Å². The normalized spacial score (nSPS) is 13.4. The van der Waals surface area contributed by atoms with Gasteiger partial charge in [0.25, 0.3) is 0 Å². The third kappa shape index (κ3) is 4.51. The average Bonchev–Trinajstić information content (AvgIpc) is 2.40. The van der Waals surface area contributed by atoms with Crippen LogP contribution in [0.5, 0.6) is 0 Å². The Balaban J connectivity index is 3.19. The Morgan fingerprint density at radius 1 is 1.62 bits per heavy atom. The van der Waals surface area contributed by atoms with Crippen molar-refractivity contribution in [2.24, 2.45) is 0 Å². The second kappa shape index (κ2) is 7.70. The van der Waals surface area contributed by atoms with Gasteiger partial charge >= 0.3 is 0 Å². The molecule has 1 rings (SSSR count). The number of rotatable bonds is 7. The Morgan fingerprint density at radius 2 is 2.24 bits per heavy atom. The third-order valence-electron chi connectivity index (χ3n) is 2.61. The maximum Gasteiger partial charge on any atom is 0.243 e. The van der Waals surface area contributed by atoms with Crippen LogP contribution >= 0.6 is 27.5 Å². The number of aliphatic hydroxyl groups is 1. The molecule has 0 aliphatic heterocycles. The van der Waals surface area contributed by atoms with Crippen molar-refractivity contribution in [3.63, 3.8) is 0 Å². The topological polar surface area (TPSA) is 102 Å². The van der Waals surface area contributed by atoms with E-state index in [1.54, 1.807) is 0 Å². The van der Waals surface area contributed by atoms with Crippen molar-refractivity contribution < 1.29 is 22.7 Å². The molecule has 0 heterocycles. The van der Waals surface area contributed by atoms with Crippen molar-refractivity contribution in [2.75, 3.05) is 26.1 Å². The lowest BCUT2D eigenvalue weighted by Gasteiger charge is -2.18. The van der Waals surface area contributed by atoms with Gasteiger partial charge in [0.15, 0.2) is 5.82 Å². The van der Waals surface area contributed by atoms with Crippen LogP contribution in [0.3, 0.4) is 0 Å². The molecule has 1 unspecified atom stereocenters. The molecule has 4 N–H and O–H groups in total. The standard InChI is InChI=1S/C11H15BrClFN2O4S/c1-20-5-6(2-3-17)16-21(18,19)8-4-7(13)9(12)11(15)10(8)14/h4,6,16-17H,2-3,5,15H2,1H3. The van der Waals surface area contributed by atoms with E-state index in [-0.39, 0.29) is 29.1 Å². The maximum atomic E-state index is 14.0. The molecule has 1 atom stereocenters. The van der Waals surface area contributed by atoms with Crippen molar-refractivity contribution >= 4 is 43.2 Å². The number of nitrogens with one attached hydrogen (secondary N) is 1. The Kier molecular flexibility index (Phi) is 6.82. The van der Waals surface area contributed by atoms with Gasteiger partial charge in [0.2, 0.25) is 10.0 Å². The Bertz CT molecular complexity index is 609. The number of benzene rings is 1. The lowest BCUT2D eigenvalue weighted by Crippen LogP contribution is -2.39. The summed E-state index contributed by atoms with van der Waals surface area (Å²) in [5.41, 5.74) is 5.07. The van der Waals surface area contributed by atoms with Crippen LogP contribution in [0, 0.1) is 5.82 Å². The highest BCUT2D eigenvalue weighted by molar-refractivity contribution is 9.10. The highest BCUT2D eigenvalue weighted by Crippen LogP contribution is 2.34. The summed E-state index contributed by atoms with van der Waals surface area (Å²) in [6.45, 7) is -0.219. The summed E-state index contributed by atoms with van der Waals surface area (Å²) in [7, 11) is -2.82. The van der Waals surface area contributed by atoms with E-state index in [4.69, 9.17) is 27.2 Å². The van der Waals surface area contributed by atoms with Crippen LogP contribution in [0.4, 0.5) is 10.1 Å². The molecule has 0 saturated heterocycles. The van der Waals surface area contributed by atoms with Gasteiger partial charge in [0.1, 0.15) is 4.90 Å². The van der Waals surface area contributed by atoms with Crippen LogP contribution in [-0.2, 0) is 14.8 Å². The number of aliphatic hydroxyl groups excluding tert-OH is 1. The highest BCUT2D eigenvalue weighted by atomic mass is 79.9. The first-order valence-corrected chi connectivity index (χ1v) is 8.45. The summed E-state index contributed by atoms with van der Waals surface area (Å²) in [6, 6.07) is 0.260. The van der Waals surface area contributed by atoms with Gasteiger partial charge < -0.3 is 15.6 Å². The summed E-state index contributed by atoms with van der Waals surface area (Å²) in [6.07, 6.45) is 0.119. The number of halogens is 3. The van der Waals surface area contributed by atoms with Gasteiger partial charge in [-0.1, -0.05) is 11.6 Å². The molecule has 0 radical (unpaired) electrons. The average molecular weight is 406 g/mol. The van der Waals surface area contributed by atoms with Gasteiger partial charge in [-0.05, 0) is 28.4 Å². The largest absolute Gasteiger partial charge is 0.396 e. The first-order chi connectivity index (χ1) is 9.74. The molecule has 1 aromatic rings. The van der Waals surface area contributed by atoms with Crippen LogP contribution in [0.2, 0.25) is 5.02 Å². The number of methoxy groups -OCH3 is 1. The van der Waals surface area contributed by atoms with E-state index in [2.05, 4.69) is 20.7 Å². The molecule has 0 fully saturated rings. The zero-order valence-corrected chi connectivity index (χ0v) is 14.2. The monoisotopic (exact) mass is 404 g/mol. The second-order valence-corrected chi connectivity index (χ2v) is 7.07. The first-order valence-electron chi connectivity index (χ1n) is 5.79. The number of hydrogen-bond acceptors (Lipinski definition) is 5. The van der Waals surface area contributed by atoms with Crippen molar-refractivity contribution in [3.8, 4) is 0 Å². The third-order valence-corrected chi connectivity index (χ3v) is 5.51. The van der Waals surface area contributed by atoms with Crippen molar-refractivity contribution in [3.05, 3.63) is 21.4 Å². The summed E-state index contributed by atoms with van der Waals surface area (Å²) >= 11 is 8.77. The van der Waals surface area contributed by atoms with E-state index >= 15 is 0 Å². The molecule has 120 valence electrons. The van der Waals surface area contributed by atoms with Crippen LogP contribution in [-0.4, -0.2) is 39.9 Å². The molecule has 0 aliphatic carbocycles. The minimum absolute atomic E-state index is 0.0280. The van der Waals surface area contributed by atoms with Gasteiger partial charge in [-0.3, -0.25) is 0 Å². The number of ether oxygens (including phenoxy) is 1. The minimum Gasteiger partial charge on any atom is -0.396 e. The quantitative estimate of drug-likeness (QED) is 0.471. The minimum atomic E-state index is -4.20. The molecule has 6 nitrogen and oxygen atoms in total. The molecular weight excluding hydrogens is 391 g/mol. The predicted molar refractivity (Wildman–Crippen MR) is 81.2 cm³/mol. The van der Waals surface area contributed by atoms with Gasteiger partial charge in [-0.15, -0.1) is 0 Å². The zero-order chi connectivity index (χ0) is 16.2. The SMILES string of the molecule is COCC(CCO)NS(=O)(=O)c1cc(Cl)c(Br)c(N)c1F. The Morgan fingerprint density at radius 3 is 2.76 bits per heavy atom. The second-order valence-electron chi connectivity index (χ2n) is 4.18. The lowest BCUT2D eigenvalue weighted by atomic mass is 10.2. The van der Waals surface area contributed by atoms with Gasteiger partial charge in [-0.2, -0.15) is 0 Å². The molecule has 0 amide bonds. The molecule has 10 heteroatoms. The maximum absolute atomic E-state index is 14.0. The van der Waals surface area contributed by atoms with Crippen molar-refractivity contribution in [2.45, 2.75) is 17.4 Å². The zero-order valence-electron chi connectivity index (χ0n) is 11.1. The van der Waals surface area contributed by atoms with Crippen LogP contribution in [0.1, 0.15) is 6.42 Å². The molecule has 0 saturated carbocycles. The van der Waals surface area contributed by atoms with E-state index < -0.39 is 32.5 Å². The summed E-state index contributed by atoms with van der Waals surface area (Å²) in [5.74, 6) is -1.10. The van der Waals surface area contributed by atoms with Gasteiger partial charge in [0, 0.05) is 19.8 Å². The van der Waals surface area contributed by atoms with Gasteiger partial charge in [-0.25, -0.2) is 17.5 Å². The fourth-order valence-electron chi connectivity index (χ4n) is 1.61. The molecule has 0 bridgehead atoms. The Hall–Kier alpha value is -0.450. The summed E-state index contributed by atoms with van der Waals surface area (Å²) < 4.78 is 45.6. The molecule has 0 spiro atoms. The Labute approximate surface area is 135 Å². The fraction of sp³-hybridized carbons (Fsp3) is 0.455. The lowest BCUT2D eigenvalue weighted by molar-refractivity contribution is 0.158. The van der Waals surface area contributed by atoms with Gasteiger partial charge in [0.05, 0.1) is 21.8 Å². The first kappa shape index (κ1) is 18.6. The number of anilines is 1. The molecule has 21 heavy (non-hydrogen) atoms. The predicted octanol–water partition coefficient (Wildman–Crippen LogP) is 1.50. The van der Waals surface area contributed by atoms with E-state index in [1.807, 2.05) is 0 Å². The summed E-state index contributed by atoms with van der Waals surface area (Å²) in [5, 5.41) is 8.87. The number of hydrogen-bond donors (Lipinski definition) is 3. The molecule has 1 aromatic carbocycles. The smallest absolute Gasteiger partial charge is 0.243 e. The number of nitrogen functional groups attached to an aromatic ring is 1. The fourth-order valence-corrected chi connectivity index (χ4v) is 3.55. The summed E-state index contributed by atoms with van der Waals surface area (Å²) in [4.78, 5) is -0.660. The van der Waals surface area contributed by atoms with Crippen molar-refractivity contribution in [1.29, 1.82) is 0 Å².